The fraction of sp³-hybridized carbons (Fsp3) is 0.895. The second kappa shape index (κ2) is 6.69. The second-order valence-electron chi connectivity index (χ2n) is 8.66. The first-order valence-electron chi connectivity index (χ1n) is 9.86. The van der Waals surface area contributed by atoms with Gasteiger partial charge in [0.1, 0.15) is 0 Å². The molecule has 1 saturated carbocycles. The molecule has 4 aliphatic heterocycles. The van der Waals surface area contributed by atoms with E-state index in [1.807, 2.05) is 13.8 Å². The van der Waals surface area contributed by atoms with Crippen LogP contribution in [0.2, 0.25) is 0 Å². The van der Waals surface area contributed by atoms with Crippen molar-refractivity contribution in [2.24, 2.45) is 23.7 Å². The van der Waals surface area contributed by atoms with Crippen molar-refractivity contribution in [2.75, 3.05) is 0 Å². The molecule has 2 unspecified atom stereocenters. The first kappa shape index (κ1) is 19.1. The second-order valence-corrected chi connectivity index (χ2v) is 8.66. The molecule has 8 nitrogen and oxygen atoms in total. The number of carboxylic acids is 1. The van der Waals surface area contributed by atoms with Crippen molar-refractivity contribution < 1.29 is 38.7 Å². The molecule has 0 aromatic rings. The standard InChI is InChI=1S/C19H28O8/c1-10-4-5-13-11(2)16(23-15(22)7-6-14(20)21)24-17-19(13)12(10)8-9-18(3,25-17)26-27-19/h10-13,16-17H,4-9H2,1-3H3,(H,20,21)/t10-,11?,12+,13+,16?,17-,18+,19-/m1/s1. The van der Waals surface area contributed by atoms with E-state index in [9.17, 15) is 9.59 Å². The molecule has 8 atom stereocenters. The largest absolute Gasteiger partial charge is 0.481 e. The molecule has 0 amide bonds. The molecule has 4 heterocycles. The number of hydrogen-bond donors (Lipinski definition) is 1. The highest BCUT2D eigenvalue weighted by atomic mass is 17.3. The molecule has 1 aliphatic carbocycles. The predicted octanol–water partition coefficient (Wildman–Crippen LogP) is 2.60. The molecule has 0 aromatic carbocycles. The quantitative estimate of drug-likeness (QED) is 0.583. The van der Waals surface area contributed by atoms with Gasteiger partial charge in [0.25, 0.3) is 0 Å². The Labute approximate surface area is 158 Å². The van der Waals surface area contributed by atoms with Gasteiger partial charge < -0.3 is 19.3 Å². The van der Waals surface area contributed by atoms with Gasteiger partial charge in [-0.15, -0.1) is 0 Å². The third-order valence-electron chi connectivity index (χ3n) is 6.89. The smallest absolute Gasteiger partial charge is 0.308 e. The number of esters is 1. The number of ether oxygens (including phenoxy) is 3. The van der Waals surface area contributed by atoms with Crippen LogP contribution in [0.1, 0.15) is 59.3 Å². The Balaban J connectivity index is 1.58. The molecular formula is C19H28O8. The first-order valence-corrected chi connectivity index (χ1v) is 9.86. The third-order valence-corrected chi connectivity index (χ3v) is 6.89. The lowest BCUT2D eigenvalue weighted by Gasteiger charge is -2.59. The van der Waals surface area contributed by atoms with Crippen molar-refractivity contribution in [1.29, 1.82) is 0 Å². The van der Waals surface area contributed by atoms with Gasteiger partial charge in [-0.3, -0.25) is 9.59 Å². The van der Waals surface area contributed by atoms with Crippen molar-refractivity contribution >= 4 is 11.9 Å². The van der Waals surface area contributed by atoms with Gasteiger partial charge in [-0.2, -0.15) is 0 Å². The van der Waals surface area contributed by atoms with E-state index in [-0.39, 0.29) is 30.6 Å². The normalized spacial score (nSPS) is 48.4. The zero-order valence-corrected chi connectivity index (χ0v) is 16.0. The Morgan fingerprint density at radius 2 is 1.89 bits per heavy atom. The average molecular weight is 384 g/mol. The Morgan fingerprint density at radius 1 is 1.11 bits per heavy atom. The van der Waals surface area contributed by atoms with E-state index in [1.54, 1.807) is 0 Å². The molecule has 5 fully saturated rings. The van der Waals surface area contributed by atoms with Crippen LogP contribution in [0.15, 0.2) is 0 Å². The summed E-state index contributed by atoms with van der Waals surface area (Å²) >= 11 is 0. The van der Waals surface area contributed by atoms with Crippen molar-refractivity contribution in [2.45, 2.75) is 83.3 Å². The minimum Gasteiger partial charge on any atom is -0.481 e. The molecule has 8 heteroatoms. The average Bonchev–Trinajstić information content (AvgIpc) is 2.84. The van der Waals surface area contributed by atoms with Crippen LogP contribution in [-0.2, 0) is 33.6 Å². The molecule has 1 spiro atoms. The Kier molecular flexibility index (Phi) is 4.73. The van der Waals surface area contributed by atoms with Crippen LogP contribution in [0.25, 0.3) is 0 Å². The maximum atomic E-state index is 12.1. The molecule has 4 saturated heterocycles. The van der Waals surface area contributed by atoms with Crippen LogP contribution in [0, 0.1) is 23.7 Å². The molecule has 152 valence electrons. The van der Waals surface area contributed by atoms with Crippen LogP contribution < -0.4 is 0 Å². The summed E-state index contributed by atoms with van der Waals surface area (Å²) in [5, 5.41) is 8.76. The number of carboxylic acid groups (broad SMARTS) is 1. The van der Waals surface area contributed by atoms with E-state index >= 15 is 0 Å². The van der Waals surface area contributed by atoms with Crippen LogP contribution >= 0.6 is 0 Å². The number of carbonyl (C=O) groups excluding carboxylic acids is 1. The fourth-order valence-electron chi connectivity index (χ4n) is 5.40. The lowest BCUT2D eigenvalue weighted by atomic mass is 9.58. The van der Waals surface area contributed by atoms with Gasteiger partial charge in [0.15, 0.2) is 11.9 Å². The van der Waals surface area contributed by atoms with E-state index < -0.39 is 35.9 Å². The number of carbonyl (C=O) groups is 2. The summed E-state index contributed by atoms with van der Waals surface area (Å²) < 4.78 is 17.8. The monoisotopic (exact) mass is 384 g/mol. The van der Waals surface area contributed by atoms with Crippen molar-refractivity contribution in [3.63, 3.8) is 0 Å². The zero-order chi connectivity index (χ0) is 19.4. The Hall–Kier alpha value is -1.22. The SMILES string of the molecule is CC1C(OC(=O)CCC(=O)O)O[C@@H]2O[C@]3(C)CC[C@H]4[C@H](C)CC[C@@H]1[C@@]24OO3. The number of rotatable bonds is 4. The van der Waals surface area contributed by atoms with E-state index in [1.165, 1.54) is 0 Å². The van der Waals surface area contributed by atoms with E-state index in [2.05, 4.69) is 6.92 Å². The molecule has 2 bridgehead atoms. The molecule has 27 heavy (non-hydrogen) atoms. The number of fused-ring (bicyclic) bond motifs is 2. The van der Waals surface area contributed by atoms with Crippen molar-refractivity contribution in [3.05, 3.63) is 0 Å². The van der Waals surface area contributed by atoms with Gasteiger partial charge in [0.05, 0.1) is 12.8 Å². The summed E-state index contributed by atoms with van der Waals surface area (Å²) in [7, 11) is 0. The van der Waals surface area contributed by atoms with Gasteiger partial charge >= 0.3 is 11.9 Å². The van der Waals surface area contributed by atoms with Crippen LogP contribution in [0.4, 0.5) is 0 Å². The lowest BCUT2D eigenvalue weighted by molar-refractivity contribution is -0.576. The summed E-state index contributed by atoms with van der Waals surface area (Å²) in [6, 6.07) is 0. The topological polar surface area (TPSA) is 101 Å². The van der Waals surface area contributed by atoms with Crippen LogP contribution in [0.3, 0.4) is 0 Å². The van der Waals surface area contributed by atoms with Gasteiger partial charge in [-0.1, -0.05) is 13.8 Å². The first-order chi connectivity index (χ1) is 12.7. The predicted molar refractivity (Wildman–Crippen MR) is 89.8 cm³/mol. The van der Waals surface area contributed by atoms with Crippen LogP contribution in [0.5, 0.6) is 0 Å². The van der Waals surface area contributed by atoms with Crippen LogP contribution in [-0.4, -0.2) is 41.0 Å². The molecule has 5 aliphatic rings. The fourth-order valence-corrected chi connectivity index (χ4v) is 5.40. The zero-order valence-electron chi connectivity index (χ0n) is 16.0. The number of aliphatic carboxylic acids is 1. The van der Waals surface area contributed by atoms with Gasteiger partial charge in [-0.05, 0) is 38.0 Å². The summed E-state index contributed by atoms with van der Waals surface area (Å²) in [5.74, 6) is -1.82. The molecule has 1 N–H and O–H groups in total. The molecular weight excluding hydrogens is 356 g/mol. The third kappa shape index (κ3) is 3.06. The minimum atomic E-state index is -1.03. The van der Waals surface area contributed by atoms with Crippen molar-refractivity contribution in [1.82, 2.24) is 0 Å². The molecule has 0 aromatic heterocycles. The summed E-state index contributed by atoms with van der Waals surface area (Å²) in [4.78, 5) is 34.5. The maximum Gasteiger partial charge on any atom is 0.308 e. The van der Waals surface area contributed by atoms with E-state index in [4.69, 9.17) is 29.1 Å². The minimum absolute atomic E-state index is 0.0670. The van der Waals surface area contributed by atoms with E-state index in [0.717, 1.165) is 19.3 Å². The maximum absolute atomic E-state index is 12.1. The summed E-state index contributed by atoms with van der Waals surface area (Å²) in [6.07, 6.45) is 1.72. The summed E-state index contributed by atoms with van der Waals surface area (Å²) in [6.45, 7) is 6.06. The highest BCUT2D eigenvalue weighted by molar-refractivity contribution is 5.76. The number of hydrogen-bond acceptors (Lipinski definition) is 7. The van der Waals surface area contributed by atoms with Gasteiger partial charge in [0.2, 0.25) is 12.1 Å². The van der Waals surface area contributed by atoms with Gasteiger partial charge in [-0.25, -0.2) is 9.78 Å². The lowest BCUT2D eigenvalue weighted by Crippen LogP contribution is -2.70. The summed E-state index contributed by atoms with van der Waals surface area (Å²) in [5.41, 5.74) is -0.697. The molecule has 0 radical (unpaired) electrons. The highest BCUT2D eigenvalue weighted by Crippen LogP contribution is 2.60. The Morgan fingerprint density at radius 3 is 2.63 bits per heavy atom. The van der Waals surface area contributed by atoms with Crippen molar-refractivity contribution in [3.8, 4) is 0 Å². The Bertz CT molecular complexity index is 623. The van der Waals surface area contributed by atoms with Gasteiger partial charge in [0, 0.05) is 18.3 Å². The van der Waals surface area contributed by atoms with E-state index in [0.29, 0.717) is 12.3 Å². The molecule has 5 rings (SSSR count). The highest BCUT2D eigenvalue weighted by Gasteiger charge is 2.69.